The summed E-state index contributed by atoms with van der Waals surface area (Å²) in [6.45, 7) is 1.31. The van der Waals surface area contributed by atoms with Crippen LogP contribution < -0.4 is 21.7 Å². The summed E-state index contributed by atoms with van der Waals surface area (Å²) in [4.78, 5) is 50.6. The van der Waals surface area contributed by atoms with Gasteiger partial charge in [0.15, 0.2) is 0 Å². The summed E-state index contributed by atoms with van der Waals surface area (Å²) in [5.74, 6) is -2.83. The highest BCUT2D eigenvalue weighted by Gasteiger charge is 2.32. The number of aliphatic carboxylic acids is 1. The van der Waals surface area contributed by atoms with E-state index >= 15 is 0 Å². The van der Waals surface area contributed by atoms with Crippen LogP contribution in [0.5, 0.6) is 0 Å². The first-order valence-electron chi connectivity index (χ1n) is 12.3. The van der Waals surface area contributed by atoms with Crippen molar-refractivity contribution in [3.63, 3.8) is 0 Å². The lowest BCUT2D eigenvalue weighted by Crippen LogP contribution is -2.60. The normalized spacial score (nSPS) is 14.8. The largest absolute Gasteiger partial charge is 0.480 e. The predicted octanol–water partition coefficient (Wildman–Crippen LogP) is 0.472. The Kier molecular flexibility index (Phi) is 12.8. The first-order valence-corrected chi connectivity index (χ1v) is 13.7. The molecule has 0 bridgehead atoms. The summed E-state index contributed by atoms with van der Waals surface area (Å²) in [7, 11) is 0. The van der Waals surface area contributed by atoms with Gasteiger partial charge in [0, 0.05) is 6.42 Å². The van der Waals surface area contributed by atoms with Crippen molar-refractivity contribution < 1.29 is 29.4 Å². The number of aliphatic hydroxyl groups excluding tert-OH is 1. The van der Waals surface area contributed by atoms with E-state index in [2.05, 4.69) is 16.0 Å². The molecule has 11 heteroatoms. The van der Waals surface area contributed by atoms with Gasteiger partial charge in [0.25, 0.3) is 0 Å². The molecule has 0 radical (unpaired) electrons. The van der Waals surface area contributed by atoms with Crippen LogP contribution in [0.25, 0.3) is 0 Å². The van der Waals surface area contributed by atoms with Crippen LogP contribution in [0.4, 0.5) is 0 Å². The number of carboxylic acids is 1. The average Bonchev–Trinajstić information content (AvgIpc) is 2.89. The highest BCUT2D eigenvalue weighted by Crippen LogP contribution is 2.08. The summed E-state index contributed by atoms with van der Waals surface area (Å²) in [5.41, 5.74) is 7.72. The molecule has 10 nitrogen and oxygen atoms in total. The fourth-order valence-corrected chi connectivity index (χ4v) is 4.18. The van der Waals surface area contributed by atoms with E-state index in [1.54, 1.807) is 24.3 Å². The minimum atomic E-state index is -1.44. The molecule has 0 saturated heterocycles. The number of thioether (sulfide) groups is 1. The number of carbonyl (C=O) groups is 4. The van der Waals surface area contributed by atoms with Gasteiger partial charge in [-0.2, -0.15) is 11.8 Å². The summed E-state index contributed by atoms with van der Waals surface area (Å²) >= 11 is 1.43. The Labute approximate surface area is 226 Å². The average molecular weight is 545 g/mol. The minimum Gasteiger partial charge on any atom is -0.480 e. The monoisotopic (exact) mass is 544 g/mol. The fraction of sp³-hybridized carbons (Fsp3) is 0.407. The van der Waals surface area contributed by atoms with Gasteiger partial charge in [-0.3, -0.25) is 14.4 Å². The lowest BCUT2D eigenvalue weighted by atomic mass is 10.0. The summed E-state index contributed by atoms with van der Waals surface area (Å²) in [6.07, 6.45) is 1.02. The number of amides is 3. The molecule has 2 rings (SSSR count). The Morgan fingerprint density at radius 3 is 1.84 bits per heavy atom. The van der Waals surface area contributed by atoms with Gasteiger partial charge in [-0.25, -0.2) is 4.79 Å². The fourth-order valence-electron chi connectivity index (χ4n) is 3.71. The van der Waals surface area contributed by atoms with Gasteiger partial charge >= 0.3 is 5.97 Å². The molecule has 0 heterocycles. The third-order valence-corrected chi connectivity index (χ3v) is 6.48. The zero-order chi connectivity index (χ0) is 28.1. The number of benzene rings is 2. The smallest absolute Gasteiger partial charge is 0.326 e. The van der Waals surface area contributed by atoms with Crippen LogP contribution in [0.3, 0.4) is 0 Å². The molecule has 5 atom stereocenters. The van der Waals surface area contributed by atoms with Crippen molar-refractivity contribution in [2.75, 3.05) is 12.0 Å². The maximum absolute atomic E-state index is 13.3. The zero-order valence-corrected chi connectivity index (χ0v) is 22.3. The second-order valence-corrected chi connectivity index (χ2v) is 9.94. The van der Waals surface area contributed by atoms with Crippen LogP contribution in [0.1, 0.15) is 24.5 Å². The number of nitrogens with one attached hydrogen (secondary N) is 3. The van der Waals surface area contributed by atoms with Crippen LogP contribution in [-0.4, -0.2) is 76.2 Å². The quantitative estimate of drug-likeness (QED) is 0.188. The van der Waals surface area contributed by atoms with Gasteiger partial charge in [0.2, 0.25) is 17.7 Å². The Balaban J connectivity index is 2.17. The van der Waals surface area contributed by atoms with E-state index in [0.29, 0.717) is 5.75 Å². The molecular weight excluding hydrogens is 508 g/mol. The van der Waals surface area contributed by atoms with Crippen LogP contribution in [0, 0.1) is 0 Å². The lowest BCUT2D eigenvalue weighted by Gasteiger charge is -2.26. The second kappa shape index (κ2) is 15.8. The first kappa shape index (κ1) is 30.8. The molecule has 3 amide bonds. The van der Waals surface area contributed by atoms with E-state index in [4.69, 9.17) is 5.73 Å². The van der Waals surface area contributed by atoms with Crippen molar-refractivity contribution in [2.24, 2.45) is 5.73 Å². The standard InChI is InChI=1S/C27H36N4O6S/c1-17(32)23(26(35)29-21(27(36)37)13-14-38-2)31-25(34)22(16-19-11-7-4-8-12-19)30-24(33)20(28)15-18-9-5-3-6-10-18/h3-12,17,20-23,32H,13-16,28H2,1-2H3,(H,29,35)(H,30,33)(H,31,34)(H,36,37). The van der Waals surface area contributed by atoms with E-state index in [-0.39, 0.29) is 19.3 Å². The summed E-state index contributed by atoms with van der Waals surface area (Å²) in [5, 5.41) is 27.2. The summed E-state index contributed by atoms with van der Waals surface area (Å²) in [6, 6.07) is 13.5. The zero-order valence-electron chi connectivity index (χ0n) is 21.5. The molecule has 0 fully saturated rings. The highest BCUT2D eigenvalue weighted by molar-refractivity contribution is 7.98. The number of rotatable bonds is 15. The van der Waals surface area contributed by atoms with Crippen molar-refractivity contribution >= 4 is 35.5 Å². The van der Waals surface area contributed by atoms with Gasteiger partial charge in [-0.1, -0.05) is 60.7 Å². The second-order valence-electron chi connectivity index (χ2n) is 8.95. The molecule has 38 heavy (non-hydrogen) atoms. The molecule has 0 aliphatic rings. The van der Waals surface area contributed by atoms with Crippen molar-refractivity contribution in [2.45, 2.75) is 56.5 Å². The number of aliphatic hydroxyl groups is 1. The molecule has 0 spiro atoms. The van der Waals surface area contributed by atoms with Gasteiger partial charge in [0.1, 0.15) is 18.1 Å². The molecule has 0 aliphatic heterocycles. The van der Waals surface area contributed by atoms with Crippen LogP contribution >= 0.6 is 11.8 Å². The lowest BCUT2D eigenvalue weighted by molar-refractivity contribution is -0.143. The van der Waals surface area contributed by atoms with E-state index in [1.807, 2.05) is 42.7 Å². The first-order chi connectivity index (χ1) is 18.1. The van der Waals surface area contributed by atoms with Gasteiger partial charge < -0.3 is 31.9 Å². The molecular formula is C27H36N4O6S. The van der Waals surface area contributed by atoms with E-state index in [1.165, 1.54) is 18.7 Å². The van der Waals surface area contributed by atoms with Crippen molar-refractivity contribution in [3.05, 3.63) is 71.8 Å². The van der Waals surface area contributed by atoms with Crippen LogP contribution in [-0.2, 0) is 32.0 Å². The molecule has 0 saturated carbocycles. The molecule has 7 N–H and O–H groups in total. The third kappa shape index (κ3) is 10.2. The Bertz CT molecular complexity index is 1050. The topological polar surface area (TPSA) is 171 Å². The molecule has 0 aliphatic carbocycles. The molecule has 5 unspecified atom stereocenters. The van der Waals surface area contributed by atoms with Gasteiger partial charge in [-0.15, -0.1) is 0 Å². The number of carboxylic acid groups (broad SMARTS) is 1. The maximum Gasteiger partial charge on any atom is 0.326 e. The Morgan fingerprint density at radius 1 is 0.816 bits per heavy atom. The van der Waals surface area contributed by atoms with Crippen LogP contribution in [0.15, 0.2) is 60.7 Å². The molecule has 206 valence electrons. The van der Waals surface area contributed by atoms with Crippen LogP contribution in [0.2, 0.25) is 0 Å². The number of hydrogen-bond acceptors (Lipinski definition) is 7. The molecule has 2 aromatic rings. The Morgan fingerprint density at radius 2 is 1.34 bits per heavy atom. The van der Waals surface area contributed by atoms with Gasteiger partial charge in [-0.05, 0) is 42.9 Å². The molecule has 2 aromatic carbocycles. The van der Waals surface area contributed by atoms with E-state index in [0.717, 1.165) is 11.1 Å². The van der Waals surface area contributed by atoms with Crippen molar-refractivity contribution in [1.29, 1.82) is 0 Å². The molecule has 0 aromatic heterocycles. The van der Waals surface area contributed by atoms with E-state index < -0.39 is 54.0 Å². The minimum absolute atomic E-state index is 0.107. The summed E-state index contributed by atoms with van der Waals surface area (Å²) < 4.78 is 0. The predicted molar refractivity (Wildman–Crippen MR) is 146 cm³/mol. The number of hydrogen-bond donors (Lipinski definition) is 6. The SMILES string of the molecule is CSCCC(NC(=O)C(NC(=O)C(Cc1ccccc1)NC(=O)C(N)Cc1ccccc1)C(C)O)C(=O)O. The maximum atomic E-state index is 13.3. The van der Waals surface area contributed by atoms with Gasteiger partial charge in [0.05, 0.1) is 12.1 Å². The highest BCUT2D eigenvalue weighted by atomic mass is 32.2. The Hall–Kier alpha value is -3.41. The number of nitrogens with two attached hydrogens (primary N) is 1. The van der Waals surface area contributed by atoms with E-state index in [9.17, 15) is 29.4 Å². The number of carbonyl (C=O) groups excluding carboxylic acids is 3. The third-order valence-electron chi connectivity index (χ3n) is 5.84. The van der Waals surface area contributed by atoms with Crippen molar-refractivity contribution in [1.82, 2.24) is 16.0 Å². The van der Waals surface area contributed by atoms with Crippen molar-refractivity contribution in [3.8, 4) is 0 Å².